The Balaban J connectivity index is 1.64. The van der Waals surface area contributed by atoms with Crippen molar-refractivity contribution in [3.05, 3.63) is 137 Å². The van der Waals surface area contributed by atoms with E-state index >= 15 is 0 Å². The number of anilines is 3. The summed E-state index contributed by atoms with van der Waals surface area (Å²) >= 11 is 0. The predicted octanol–water partition coefficient (Wildman–Crippen LogP) is 7.00. The van der Waals surface area contributed by atoms with Crippen LogP contribution in [0.1, 0.15) is 32.6 Å². The van der Waals surface area contributed by atoms with Crippen molar-refractivity contribution in [1.82, 2.24) is 0 Å². The van der Waals surface area contributed by atoms with E-state index in [4.69, 9.17) is 9.47 Å². The Kier molecular flexibility index (Phi) is 8.31. The highest BCUT2D eigenvalue weighted by Gasteiger charge is 2.45. The first-order chi connectivity index (χ1) is 20.6. The molecule has 5 rings (SSSR count). The molecular formula is C37H39N3O3. The summed E-state index contributed by atoms with van der Waals surface area (Å²) in [6.45, 7) is 0. The molecule has 1 aliphatic heterocycles. The van der Waals surface area contributed by atoms with Crippen LogP contribution in [0.5, 0.6) is 5.75 Å². The van der Waals surface area contributed by atoms with E-state index in [1.165, 1.54) is 0 Å². The molecule has 1 heterocycles. The Labute approximate surface area is 255 Å². The number of esters is 1. The van der Waals surface area contributed by atoms with Gasteiger partial charge in [0.25, 0.3) is 0 Å². The van der Waals surface area contributed by atoms with E-state index in [2.05, 4.69) is 64.4 Å². The lowest BCUT2D eigenvalue weighted by Crippen LogP contribution is -2.25. The minimum Gasteiger partial charge on any atom is -0.497 e. The first kappa shape index (κ1) is 29.5. The minimum atomic E-state index is -1.09. The van der Waals surface area contributed by atoms with Crippen LogP contribution in [0, 0.1) is 0 Å². The number of rotatable bonds is 9. The van der Waals surface area contributed by atoms with Crippen LogP contribution in [0.3, 0.4) is 0 Å². The molecule has 4 aromatic rings. The van der Waals surface area contributed by atoms with Crippen molar-refractivity contribution in [2.24, 2.45) is 0 Å². The Bertz CT molecular complexity index is 1600. The molecule has 0 fully saturated rings. The van der Waals surface area contributed by atoms with E-state index in [1.807, 2.05) is 102 Å². The zero-order valence-corrected chi connectivity index (χ0v) is 26.0. The van der Waals surface area contributed by atoms with Gasteiger partial charge in [-0.1, -0.05) is 54.6 Å². The van der Waals surface area contributed by atoms with Crippen molar-refractivity contribution >= 4 is 28.6 Å². The summed E-state index contributed by atoms with van der Waals surface area (Å²) < 4.78 is 11.7. The van der Waals surface area contributed by atoms with Crippen molar-refractivity contribution < 1.29 is 14.3 Å². The van der Waals surface area contributed by atoms with Crippen LogP contribution in [0.2, 0.25) is 0 Å². The third kappa shape index (κ3) is 5.86. The predicted molar refractivity (Wildman–Crippen MR) is 178 cm³/mol. The smallest absolute Gasteiger partial charge is 0.340 e. The number of ether oxygens (including phenoxy) is 2. The number of fused-ring (bicyclic) bond motifs is 1. The number of carbonyl (C=O) groups excluding carboxylic acids is 1. The first-order valence-corrected chi connectivity index (χ1v) is 14.3. The van der Waals surface area contributed by atoms with Gasteiger partial charge in [-0.15, -0.1) is 0 Å². The van der Waals surface area contributed by atoms with Gasteiger partial charge in [0.1, 0.15) is 5.75 Å². The number of hydrogen-bond acceptors (Lipinski definition) is 6. The summed E-state index contributed by atoms with van der Waals surface area (Å²) in [5.41, 5.74) is 7.57. The molecule has 0 N–H and O–H groups in total. The van der Waals surface area contributed by atoms with Crippen LogP contribution in [-0.2, 0) is 10.3 Å². The number of benzene rings is 4. The molecule has 1 aliphatic rings. The zero-order valence-electron chi connectivity index (χ0n) is 26.0. The molecule has 1 atom stereocenters. The Morgan fingerprint density at radius 2 is 1.21 bits per heavy atom. The Morgan fingerprint density at radius 1 is 0.698 bits per heavy atom. The van der Waals surface area contributed by atoms with Crippen molar-refractivity contribution in [1.29, 1.82) is 0 Å². The summed E-state index contributed by atoms with van der Waals surface area (Å²) in [6.07, 6.45) is 6.08. The monoisotopic (exact) mass is 573 g/mol. The van der Waals surface area contributed by atoms with E-state index in [-0.39, 0.29) is 5.97 Å². The van der Waals surface area contributed by atoms with Gasteiger partial charge >= 0.3 is 5.97 Å². The normalized spacial score (nSPS) is 15.6. The van der Waals surface area contributed by atoms with Gasteiger partial charge in [0.2, 0.25) is 0 Å². The summed E-state index contributed by atoms with van der Waals surface area (Å²) in [6, 6.07) is 30.7. The Morgan fingerprint density at radius 3 is 1.70 bits per heavy atom. The van der Waals surface area contributed by atoms with Crippen LogP contribution in [0.15, 0.2) is 109 Å². The van der Waals surface area contributed by atoms with Gasteiger partial charge < -0.3 is 24.2 Å². The molecule has 220 valence electrons. The average molecular weight is 574 g/mol. The molecule has 6 heteroatoms. The molecule has 0 aromatic heterocycles. The molecule has 0 radical (unpaired) electrons. The fourth-order valence-electron chi connectivity index (χ4n) is 5.35. The summed E-state index contributed by atoms with van der Waals surface area (Å²) in [5.74, 6) is 0.391. The second-order valence-corrected chi connectivity index (χ2v) is 11.3. The maximum atomic E-state index is 13.3. The largest absolute Gasteiger partial charge is 0.497 e. The quantitative estimate of drug-likeness (QED) is 0.159. The van der Waals surface area contributed by atoms with Crippen LogP contribution in [0.25, 0.3) is 5.57 Å². The fourth-order valence-corrected chi connectivity index (χ4v) is 5.35. The van der Waals surface area contributed by atoms with E-state index in [9.17, 15) is 4.79 Å². The van der Waals surface area contributed by atoms with Crippen LogP contribution < -0.4 is 19.4 Å². The van der Waals surface area contributed by atoms with E-state index in [0.29, 0.717) is 5.56 Å². The lowest BCUT2D eigenvalue weighted by molar-refractivity contribution is 0.0275. The van der Waals surface area contributed by atoms with Gasteiger partial charge in [0.05, 0.1) is 12.7 Å². The number of methoxy groups -OCH3 is 1. The van der Waals surface area contributed by atoms with Crippen LogP contribution >= 0.6 is 0 Å². The molecule has 0 amide bonds. The number of carbonyl (C=O) groups is 1. The standard InChI is InChI=1S/C37H39N3O3/c1-38(2)29-16-10-26(11-17-29)33(27-12-18-30(19-13-27)39(3)4)9-8-24-37(28-14-21-32(42-7)22-15-28)35-23-20-31(40(5)6)25-34(35)36(41)43-37/h8-25H,1-7H3. The lowest BCUT2D eigenvalue weighted by Gasteiger charge is -2.26. The zero-order chi connectivity index (χ0) is 30.7. The van der Waals surface area contributed by atoms with Gasteiger partial charge in [0.15, 0.2) is 5.60 Å². The van der Waals surface area contributed by atoms with Crippen molar-refractivity contribution in [2.45, 2.75) is 5.60 Å². The average Bonchev–Trinajstić information content (AvgIpc) is 3.31. The second-order valence-electron chi connectivity index (χ2n) is 11.3. The van der Waals surface area contributed by atoms with Gasteiger partial charge in [-0.3, -0.25) is 0 Å². The number of hydrogen-bond donors (Lipinski definition) is 0. The molecule has 6 nitrogen and oxygen atoms in total. The highest BCUT2D eigenvalue weighted by atomic mass is 16.6. The third-order valence-electron chi connectivity index (χ3n) is 7.90. The van der Waals surface area contributed by atoms with Crippen molar-refractivity contribution in [3.63, 3.8) is 0 Å². The van der Waals surface area contributed by atoms with Gasteiger partial charge in [-0.2, -0.15) is 0 Å². The third-order valence-corrected chi connectivity index (χ3v) is 7.90. The van der Waals surface area contributed by atoms with Crippen molar-refractivity contribution in [2.75, 3.05) is 64.1 Å². The maximum Gasteiger partial charge on any atom is 0.340 e. The van der Waals surface area contributed by atoms with Gasteiger partial charge in [0, 0.05) is 70.5 Å². The van der Waals surface area contributed by atoms with Crippen LogP contribution in [0.4, 0.5) is 17.1 Å². The lowest BCUT2D eigenvalue weighted by atomic mass is 9.84. The van der Waals surface area contributed by atoms with Crippen LogP contribution in [-0.4, -0.2) is 55.4 Å². The maximum absolute atomic E-state index is 13.3. The topological polar surface area (TPSA) is 45.3 Å². The van der Waals surface area contributed by atoms with Gasteiger partial charge in [-0.05, 0) is 71.3 Å². The Hall–Kier alpha value is -4.97. The van der Waals surface area contributed by atoms with Gasteiger partial charge in [-0.25, -0.2) is 4.79 Å². The molecule has 0 saturated heterocycles. The highest BCUT2D eigenvalue weighted by molar-refractivity contribution is 5.97. The summed E-state index contributed by atoms with van der Waals surface area (Å²) in [5, 5.41) is 0. The van der Waals surface area contributed by atoms with Crippen molar-refractivity contribution in [3.8, 4) is 5.75 Å². The summed E-state index contributed by atoms with van der Waals surface area (Å²) in [4.78, 5) is 19.5. The molecular weight excluding hydrogens is 534 g/mol. The molecule has 0 bridgehead atoms. The highest BCUT2D eigenvalue weighted by Crippen LogP contribution is 2.45. The number of nitrogens with zero attached hydrogens (tertiary/aromatic N) is 3. The molecule has 43 heavy (non-hydrogen) atoms. The van der Waals surface area contributed by atoms with E-state index in [1.54, 1.807) is 7.11 Å². The summed E-state index contributed by atoms with van der Waals surface area (Å²) in [7, 11) is 13.7. The molecule has 0 saturated carbocycles. The number of allylic oxidation sites excluding steroid dienone is 2. The molecule has 0 spiro atoms. The molecule has 0 aliphatic carbocycles. The first-order valence-electron chi connectivity index (χ1n) is 14.3. The van der Waals surface area contributed by atoms with E-state index in [0.717, 1.165) is 50.6 Å². The molecule has 1 unspecified atom stereocenters. The second kappa shape index (κ2) is 12.1. The fraction of sp³-hybridized carbons (Fsp3) is 0.216. The SMILES string of the molecule is COc1ccc(C2(C=CC=C(c3ccc(N(C)C)cc3)c3ccc(N(C)C)cc3)OC(=O)c3cc(N(C)C)ccc32)cc1. The minimum absolute atomic E-state index is 0.345. The van der Waals surface area contributed by atoms with E-state index < -0.39 is 5.60 Å². The number of cyclic esters (lactones) is 1. The molecule has 4 aromatic carbocycles.